The number of amides is 1. The fourth-order valence-electron chi connectivity index (χ4n) is 2.35. The molecule has 4 heteroatoms. The molecule has 1 N–H and O–H groups in total. The molecule has 1 unspecified atom stereocenters. The monoisotopic (exact) mass is 294 g/mol. The predicted molar refractivity (Wildman–Crippen MR) is 85.1 cm³/mol. The van der Waals surface area contributed by atoms with E-state index in [4.69, 9.17) is 0 Å². The Bertz CT molecular complexity index is 458. The van der Waals surface area contributed by atoms with Crippen LogP contribution in [0.25, 0.3) is 0 Å². The Morgan fingerprint density at radius 1 is 1.33 bits per heavy atom. The highest BCUT2D eigenvalue weighted by molar-refractivity contribution is 5.94. The number of aryl methyl sites for hydroxylation is 1. The van der Waals surface area contributed by atoms with Gasteiger partial charge in [0.25, 0.3) is 5.91 Å². The van der Waals surface area contributed by atoms with Crippen molar-refractivity contribution < 1.29 is 9.18 Å². The van der Waals surface area contributed by atoms with Gasteiger partial charge in [0.1, 0.15) is 5.82 Å². The molecule has 0 bridgehead atoms. The standard InChI is InChI=1S/C17H27FN2O/c1-5-20(6-2)11-7-8-14(4)19-17(21)15-12-13(3)9-10-16(15)18/h9-10,12,14H,5-8,11H2,1-4H3,(H,19,21). The minimum absolute atomic E-state index is 0.0491. The summed E-state index contributed by atoms with van der Waals surface area (Å²) in [6.07, 6.45) is 1.93. The smallest absolute Gasteiger partial charge is 0.254 e. The Balaban J connectivity index is 2.45. The summed E-state index contributed by atoms with van der Waals surface area (Å²) in [5, 5.41) is 2.88. The lowest BCUT2D eigenvalue weighted by atomic mass is 10.1. The molecule has 0 aliphatic rings. The molecule has 0 saturated carbocycles. The number of nitrogens with one attached hydrogen (secondary N) is 1. The molecule has 0 aromatic heterocycles. The summed E-state index contributed by atoms with van der Waals surface area (Å²) in [6, 6.07) is 4.65. The number of carbonyl (C=O) groups excluding carboxylic acids is 1. The second kappa shape index (κ2) is 8.78. The van der Waals surface area contributed by atoms with E-state index in [0.717, 1.165) is 38.0 Å². The van der Waals surface area contributed by atoms with Gasteiger partial charge in [0.2, 0.25) is 0 Å². The van der Waals surface area contributed by atoms with Crippen molar-refractivity contribution in [1.82, 2.24) is 10.2 Å². The maximum Gasteiger partial charge on any atom is 0.254 e. The summed E-state index contributed by atoms with van der Waals surface area (Å²) in [5.74, 6) is -0.792. The molecule has 21 heavy (non-hydrogen) atoms. The van der Waals surface area contributed by atoms with Crippen molar-refractivity contribution in [2.45, 2.75) is 46.6 Å². The lowest BCUT2D eigenvalue weighted by Gasteiger charge is -2.20. The molecule has 0 fully saturated rings. The van der Waals surface area contributed by atoms with E-state index >= 15 is 0 Å². The fraction of sp³-hybridized carbons (Fsp3) is 0.588. The molecule has 1 aromatic rings. The number of hydrogen-bond acceptors (Lipinski definition) is 2. The minimum atomic E-state index is -0.464. The number of carbonyl (C=O) groups is 1. The van der Waals surface area contributed by atoms with Gasteiger partial charge in [-0.2, -0.15) is 0 Å². The Kier molecular flexibility index (Phi) is 7.37. The SMILES string of the molecule is CCN(CC)CCCC(C)NC(=O)c1cc(C)ccc1F. The van der Waals surface area contributed by atoms with Gasteiger partial charge >= 0.3 is 0 Å². The third kappa shape index (κ3) is 5.84. The van der Waals surface area contributed by atoms with Crippen LogP contribution < -0.4 is 5.32 Å². The van der Waals surface area contributed by atoms with Crippen LogP contribution in [0.5, 0.6) is 0 Å². The molecule has 3 nitrogen and oxygen atoms in total. The molecule has 118 valence electrons. The highest BCUT2D eigenvalue weighted by atomic mass is 19.1. The van der Waals surface area contributed by atoms with Gasteiger partial charge < -0.3 is 10.2 Å². The van der Waals surface area contributed by atoms with Crippen LogP contribution >= 0.6 is 0 Å². The molecule has 0 spiro atoms. The molecule has 1 aromatic carbocycles. The van der Waals surface area contributed by atoms with Gasteiger partial charge in [-0.3, -0.25) is 4.79 Å². The highest BCUT2D eigenvalue weighted by Gasteiger charge is 2.14. The van der Waals surface area contributed by atoms with E-state index in [1.807, 2.05) is 13.8 Å². The normalized spacial score (nSPS) is 12.5. The summed E-state index contributed by atoms with van der Waals surface area (Å²) in [4.78, 5) is 14.4. The first kappa shape index (κ1) is 17.6. The average molecular weight is 294 g/mol. The van der Waals surface area contributed by atoms with Crippen LogP contribution in [0.1, 0.15) is 49.5 Å². The Labute approximate surface area is 127 Å². The summed E-state index contributed by atoms with van der Waals surface area (Å²) >= 11 is 0. The van der Waals surface area contributed by atoms with Crippen molar-refractivity contribution in [1.29, 1.82) is 0 Å². The second-order valence-electron chi connectivity index (χ2n) is 5.53. The molecule has 0 aliphatic carbocycles. The largest absolute Gasteiger partial charge is 0.349 e. The van der Waals surface area contributed by atoms with Crippen LogP contribution in [0.2, 0.25) is 0 Å². The Morgan fingerprint density at radius 2 is 2.00 bits per heavy atom. The molecule has 0 aliphatic heterocycles. The van der Waals surface area contributed by atoms with E-state index in [2.05, 4.69) is 24.1 Å². The van der Waals surface area contributed by atoms with Crippen LogP contribution in [0, 0.1) is 12.7 Å². The molecule has 0 saturated heterocycles. The number of nitrogens with zero attached hydrogens (tertiary/aromatic N) is 1. The molecule has 0 radical (unpaired) electrons. The van der Waals surface area contributed by atoms with Gasteiger partial charge in [-0.1, -0.05) is 25.5 Å². The van der Waals surface area contributed by atoms with Crippen LogP contribution in [0.15, 0.2) is 18.2 Å². The van der Waals surface area contributed by atoms with E-state index in [1.165, 1.54) is 6.07 Å². The summed E-state index contributed by atoms with van der Waals surface area (Å²) in [5.41, 5.74) is 1.02. The Morgan fingerprint density at radius 3 is 2.62 bits per heavy atom. The predicted octanol–water partition coefficient (Wildman–Crippen LogP) is 3.37. The van der Waals surface area contributed by atoms with Gasteiger partial charge in [0.05, 0.1) is 5.56 Å². The second-order valence-corrected chi connectivity index (χ2v) is 5.53. The molecule has 0 heterocycles. The van der Waals surface area contributed by atoms with Gasteiger partial charge in [-0.15, -0.1) is 0 Å². The van der Waals surface area contributed by atoms with E-state index in [9.17, 15) is 9.18 Å². The zero-order chi connectivity index (χ0) is 15.8. The van der Waals surface area contributed by atoms with Gasteiger partial charge in [0, 0.05) is 6.04 Å². The summed E-state index contributed by atoms with van der Waals surface area (Å²) < 4.78 is 13.7. The van der Waals surface area contributed by atoms with Crippen molar-refractivity contribution in [3.8, 4) is 0 Å². The van der Waals surface area contributed by atoms with Gasteiger partial charge in [0.15, 0.2) is 0 Å². The van der Waals surface area contributed by atoms with E-state index in [1.54, 1.807) is 12.1 Å². The highest BCUT2D eigenvalue weighted by Crippen LogP contribution is 2.10. The minimum Gasteiger partial charge on any atom is -0.349 e. The topological polar surface area (TPSA) is 32.3 Å². The fourth-order valence-corrected chi connectivity index (χ4v) is 2.35. The van der Waals surface area contributed by atoms with Crippen LogP contribution in [-0.4, -0.2) is 36.5 Å². The maximum atomic E-state index is 13.7. The van der Waals surface area contributed by atoms with E-state index in [0.29, 0.717) is 0 Å². The van der Waals surface area contributed by atoms with Crippen molar-refractivity contribution in [2.75, 3.05) is 19.6 Å². The van der Waals surface area contributed by atoms with E-state index in [-0.39, 0.29) is 17.5 Å². The zero-order valence-electron chi connectivity index (χ0n) is 13.6. The number of rotatable bonds is 8. The first-order valence-corrected chi connectivity index (χ1v) is 7.77. The van der Waals surface area contributed by atoms with Gasteiger partial charge in [-0.25, -0.2) is 4.39 Å². The lowest BCUT2D eigenvalue weighted by Crippen LogP contribution is -2.34. The average Bonchev–Trinajstić information content (AvgIpc) is 2.46. The number of benzene rings is 1. The maximum absolute atomic E-state index is 13.7. The van der Waals surface area contributed by atoms with E-state index < -0.39 is 5.82 Å². The summed E-state index contributed by atoms with van der Waals surface area (Å²) in [6.45, 7) is 11.2. The number of hydrogen-bond donors (Lipinski definition) is 1. The van der Waals surface area contributed by atoms with Crippen molar-refractivity contribution in [3.63, 3.8) is 0 Å². The van der Waals surface area contributed by atoms with Gasteiger partial charge in [-0.05, 0) is 58.5 Å². The first-order chi connectivity index (χ1) is 9.97. The zero-order valence-corrected chi connectivity index (χ0v) is 13.6. The molecular formula is C17H27FN2O. The quantitative estimate of drug-likeness (QED) is 0.797. The first-order valence-electron chi connectivity index (χ1n) is 7.77. The molecule has 1 atom stereocenters. The van der Waals surface area contributed by atoms with Crippen LogP contribution in [-0.2, 0) is 0 Å². The lowest BCUT2D eigenvalue weighted by molar-refractivity contribution is 0.0933. The van der Waals surface area contributed by atoms with Crippen LogP contribution in [0.3, 0.4) is 0 Å². The van der Waals surface area contributed by atoms with Crippen molar-refractivity contribution in [3.05, 3.63) is 35.1 Å². The van der Waals surface area contributed by atoms with Crippen molar-refractivity contribution in [2.24, 2.45) is 0 Å². The molecular weight excluding hydrogens is 267 g/mol. The molecule has 1 amide bonds. The molecule has 1 rings (SSSR count). The third-order valence-electron chi connectivity index (χ3n) is 3.75. The van der Waals surface area contributed by atoms with Crippen LogP contribution in [0.4, 0.5) is 4.39 Å². The Hall–Kier alpha value is -1.42. The number of halogens is 1. The summed E-state index contributed by atoms with van der Waals surface area (Å²) in [7, 11) is 0. The third-order valence-corrected chi connectivity index (χ3v) is 3.75. The van der Waals surface area contributed by atoms with Crippen molar-refractivity contribution >= 4 is 5.91 Å².